The Kier molecular flexibility index (Phi) is 14.3. The zero-order valence-corrected chi connectivity index (χ0v) is 7.27. The molecule has 0 aromatic carbocycles. The van der Waals surface area contributed by atoms with Crippen molar-refractivity contribution in [1.29, 1.82) is 0 Å². The van der Waals surface area contributed by atoms with Gasteiger partial charge in [-0.1, -0.05) is 12.2 Å². The Morgan fingerprint density at radius 2 is 1.60 bits per heavy atom. The maximum absolute atomic E-state index is 5.55. The first kappa shape index (κ1) is 12.4. The summed E-state index contributed by atoms with van der Waals surface area (Å²) in [6.45, 7) is 7.14. The summed E-state index contributed by atoms with van der Waals surface area (Å²) in [6, 6.07) is 0.227. The Hall–Kier alpha value is -0.270. The standard InChI is InChI=1S/C7H13N.CH3Cl/c1-3-5-7(8)6-4-2;1-2/h3-4,7H,1-2,5-6,8H2;1H3. The summed E-state index contributed by atoms with van der Waals surface area (Å²) >= 11 is 4.64. The molecule has 0 aromatic heterocycles. The van der Waals surface area contributed by atoms with E-state index in [1.54, 1.807) is 0 Å². The number of alkyl halides is 1. The van der Waals surface area contributed by atoms with Gasteiger partial charge in [-0.2, -0.15) is 0 Å². The van der Waals surface area contributed by atoms with Crippen LogP contribution in [0.2, 0.25) is 0 Å². The lowest BCUT2D eigenvalue weighted by Crippen LogP contribution is -2.17. The van der Waals surface area contributed by atoms with Gasteiger partial charge in [-0.15, -0.1) is 24.8 Å². The van der Waals surface area contributed by atoms with E-state index in [1.165, 1.54) is 6.38 Å². The van der Waals surface area contributed by atoms with Gasteiger partial charge >= 0.3 is 0 Å². The molecule has 60 valence electrons. The predicted octanol–water partition coefficient (Wildman–Crippen LogP) is 2.32. The van der Waals surface area contributed by atoms with Crippen LogP contribution < -0.4 is 5.73 Å². The molecular weight excluding hydrogens is 146 g/mol. The molecule has 0 unspecified atom stereocenters. The SMILES string of the molecule is C=CCC(N)CC=C.CCl. The van der Waals surface area contributed by atoms with Crippen LogP contribution >= 0.6 is 11.6 Å². The highest BCUT2D eigenvalue weighted by atomic mass is 35.5. The van der Waals surface area contributed by atoms with Crippen molar-refractivity contribution in [2.45, 2.75) is 18.9 Å². The lowest BCUT2D eigenvalue weighted by atomic mass is 10.1. The van der Waals surface area contributed by atoms with Crippen molar-refractivity contribution < 1.29 is 0 Å². The molecule has 0 amide bonds. The fourth-order valence-corrected chi connectivity index (χ4v) is 0.524. The molecular formula is C8H16ClN. The van der Waals surface area contributed by atoms with Gasteiger partial charge in [0.05, 0.1) is 0 Å². The van der Waals surface area contributed by atoms with Gasteiger partial charge in [0.25, 0.3) is 0 Å². The first-order valence-corrected chi connectivity index (χ1v) is 3.92. The largest absolute Gasteiger partial charge is 0.327 e. The lowest BCUT2D eigenvalue weighted by Gasteiger charge is -2.01. The molecule has 0 bridgehead atoms. The number of rotatable bonds is 4. The molecule has 2 heteroatoms. The van der Waals surface area contributed by atoms with Crippen LogP contribution in [-0.4, -0.2) is 12.4 Å². The van der Waals surface area contributed by atoms with Gasteiger partial charge in [0.2, 0.25) is 0 Å². The smallest absolute Gasteiger partial charge is 0.0108 e. The van der Waals surface area contributed by atoms with Crippen molar-refractivity contribution in [3.63, 3.8) is 0 Å². The minimum atomic E-state index is 0.227. The topological polar surface area (TPSA) is 26.0 Å². The molecule has 0 saturated carbocycles. The van der Waals surface area contributed by atoms with Gasteiger partial charge in [-0.3, -0.25) is 0 Å². The molecule has 0 aliphatic carbocycles. The van der Waals surface area contributed by atoms with Crippen LogP contribution in [0.15, 0.2) is 25.3 Å². The monoisotopic (exact) mass is 161 g/mol. The third-order valence-corrected chi connectivity index (χ3v) is 0.939. The van der Waals surface area contributed by atoms with Crippen molar-refractivity contribution in [3.8, 4) is 0 Å². The number of halogens is 1. The zero-order chi connectivity index (χ0) is 8.41. The molecule has 0 atom stereocenters. The van der Waals surface area contributed by atoms with Crippen molar-refractivity contribution in [3.05, 3.63) is 25.3 Å². The summed E-state index contributed by atoms with van der Waals surface area (Å²) in [7, 11) is 0. The van der Waals surface area contributed by atoms with E-state index in [0.29, 0.717) is 0 Å². The van der Waals surface area contributed by atoms with Gasteiger partial charge in [-0.05, 0) is 12.8 Å². The second-order valence-corrected chi connectivity index (χ2v) is 1.81. The summed E-state index contributed by atoms with van der Waals surface area (Å²) < 4.78 is 0. The maximum Gasteiger partial charge on any atom is 0.0108 e. The molecule has 0 aliphatic rings. The highest BCUT2D eigenvalue weighted by molar-refractivity contribution is 6.15. The summed E-state index contributed by atoms with van der Waals surface area (Å²) in [5, 5.41) is 0. The molecule has 2 N–H and O–H groups in total. The fourth-order valence-electron chi connectivity index (χ4n) is 0.524. The van der Waals surface area contributed by atoms with E-state index in [-0.39, 0.29) is 6.04 Å². The van der Waals surface area contributed by atoms with E-state index < -0.39 is 0 Å². The van der Waals surface area contributed by atoms with E-state index in [1.807, 2.05) is 12.2 Å². The number of hydrogen-bond donors (Lipinski definition) is 1. The quantitative estimate of drug-likeness (QED) is 0.497. The third kappa shape index (κ3) is 10.7. The molecule has 1 nitrogen and oxygen atoms in total. The first-order chi connectivity index (χ1) is 4.81. The molecule has 0 heterocycles. The Bertz CT molecular complexity index is 71.3. The molecule has 0 saturated heterocycles. The molecule has 0 aromatic rings. The van der Waals surface area contributed by atoms with Gasteiger partial charge in [0, 0.05) is 12.4 Å². The minimum absolute atomic E-state index is 0.227. The Labute approximate surface area is 68.6 Å². The molecule has 0 spiro atoms. The minimum Gasteiger partial charge on any atom is -0.327 e. The second-order valence-electron chi connectivity index (χ2n) is 1.81. The summed E-state index contributed by atoms with van der Waals surface area (Å²) in [5.41, 5.74) is 5.55. The van der Waals surface area contributed by atoms with Gasteiger partial charge in [-0.25, -0.2) is 0 Å². The van der Waals surface area contributed by atoms with Gasteiger partial charge in [0.15, 0.2) is 0 Å². The second kappa shape index (κ2) is 11.5. The molecule has 0 rings (SSSR count). The van der Waals surface area contributed by atoms with Crippen LogP contribution in [0.4, 0.5) is 0 Å². The van der Waals surface area contributed by atoms with Gasteiger partial charge < -0.3 is 5.73 Å². The highest BCUT2D eigenvalue weighted by Crippen LogP contribution is 1.93. The average molecular weight is 162 g/mol. The Morgan fingerprint density at radius 1 is 1.30 bits per heavy atom. The summed E-state index contributed by atoms with van der Waals surface area (Å²) in [5.74, 6) is 0. The molecule has 0 fully saturated rings. The Balaban J connectivity index is 0. The predicted molar refractivity (Wildman–Crippen MR) is 49.4 cm³/mol. The van der Waals surface area contributed by atoms with E-state index in [0.717, 1.165) is 12.8 Å². The van der Waals surface area contributed by atoms with Crippen molar-refractivity contribution in [2.75, 3.05) is 6.38 Å². The van der Waals surface area contributed by atoms with Crippen LogP contribution in [0.5, 0.6) is 0 Å². The van der Waals surface area contributed by atoms with E-state index in [4.69, 9.17) is 5.73 Å². The molecule has 0 aliphatic heterocycles. The van der Waals surface area contributed by atoms with Gasteiger partial charge in [0.1, 0.15) is 0 Å². The van der Waals surface area contributed by atoms with Crippen LogP contribution in [0.3, 0.4) is 0 Å². The average Bonchev–Trinajstić information content (AvgIpc) is 1.93. The normalized spacial score (nSPS) is 8.00. The van der Waals surface area contributed by atoms with Crippen molar-refractivity contribution in [2.24, 2.45) is 5.73 Å². The van der Waals surface area contributed by atoms with Crippen LogP contribution in [-0.2, 0) is 0 Å². The third-order valence-electron chi connectivity index (χ3n) is 0.939. The van der Waals surface area contributed by atoms with Crippen molar-refractivity contribution >= 4 is 11.6 Å². The summed E-state index contributed by atoms with van der Waals surface area (Å²) in [4.78, 5) is 0. The molecule has 0 radical (unpaired) electrons. The molecule has 10 heavy (non-hydrogen) atoms. The van der Waals surface area contributed by atoms with Crippen LogP contribution in [0.25, 0.3) is 0 Å². The maximum atomic E-state index is 5.55. The zero-order valence-electron chi connectivity index (χ0n) is 6.52. The van der Waals surface area contributed by atoms with E-state index in [2.05, 4.69) is 24.8 Å². The van der Waals surface area contributed by atoms with Crippen LogP contribution in [0, 0.1) is 0 Å². The lowest BCUT2D eigenvalue weighted by molar-refractivity contribution is 0.696. The van der Waals surface area contributed by atoms with Crippen molar-refractivity contribution in [1.82, 2.24) is 0 Å². The number of hydrogen-bond acceptors (Lipinski definition) is 1. The van der Waals surface area contributed by atoms with Crippen LogP contribution in [0.1, 0.15) is 12.8 Å². The summed E-state index contributed by atoms with van der Waals surface area (Å²) in [6.07, 6.45) is 6.89. The van der Waals surface area contributed by atoms with E-state index >= 15 is 0 Å². The highest BCUT2D eigenvalue weighted by Gasteiger charge is 1.92. The Morgan fingerprint density at radius 3 is 1.80 bits per heavy atom. The first-order valence-electron chi connectivity index (χ1n) is 3.16. The fraction of sp³-hybridized carbons (Fsp3) is 0.500. The van der Waals surface area contributed by atoms with E-state index in [9.17, 15) is 0 Å². The number of nitrogens with two attached hydrogens (primary N) is 1.